The second-order valence-corrected chi connectivity index (χ2v) is 4.48. The average Bonchev–Trinajstić information content (AvgIpc) is 3.07. The minimum Gasteiger partial charge on any atom is -0.477 e. The number of rotatable bonds is 3. The van der Waals surface area contributed by atoms with E-state index >= 15 is 0 Å². The van der Waals surface area contributed by atoms with E-state index in [-0.39, 0.29) is 5.69 Å². The summed E-state index contributed by atoms with van der Waals surface area (Å²) >= 11 is 0. The maximum Gasteiger partial charge on any atom is 0.353 e. The van der Waals surface area contributed by atoms with Crippen LogP contribution in [0, 0.1) is 6.92 Å². The van der Waals surface area contributed by atoms with Gasteiger partial charge in [0.2, 0.25) is 0 Å². The number of hydrogen-bond donors (Lipinski definition) is 2. The molecular formula is C14H12N4O2. The van der Waals surface area contributed by atoms with Crippen molar-refractivity contribution in [2.45, 2.75) is 6.92 Å². The molecule has 20 heavy (non-hydrogen) atoms. The van der Waals surface area contributed by atoms with Crippen molar-refractivity contribution in [3.05, 3.63) is 54.0 Å². The molecule has 1 aromatic carbocycles. The molecule has 6 nitrogen and oxygen atoms in total. The molecule has 0 spiro atoms. The fraction of sp³-hybridized carbons (Fsp3) is 0.0714. The quantitative estimate of drug-likeness (QED) is 0.763. The normalized spacial score (nSPS) is 10.7. The molecule has 0 aliphatic rings. The van der Waals surface area contributed by atoms with Crippen molar-refractivity contribution in [3.8, 4) is 16.9 Å². The minimum absolute atomic E-state index is 0.0698. The van der Waals surface area contributed by atoms with E-state index in [0.717, 1.165) is 16.8 Å². The first-order valence-corrected chi connectivity index (χ1v) is 6.04. The van der Waals surface area contributed by atoms with Gasteiger partial charge in [0, 0.05) is 11.8 Å². The summed E-state index contributed by atoms with van der Waals surface area (Å²) in [6.07, 6.45) is 3.70. The fourth-order valence-corrected chi connectivity index (χ4v) is 1.94. The zero-order valence-corrected chi connectivity index (χ0v) is 10.7. The maximum atomic E-state index is 10.9. The van der Waals surface area contributed by atoms with Gasteiger partial charge in [-0.1, -0.05) is 12.1 Å². The molecule has 0 aliphatic carbocycles. The van der Waals surface area contributed by atoms with Crippen LogP contribution in [0.2, 0.25) is 0 Å². The highest BCUT2D eigenvalue weighted by atomic mass is 16.4. The van der Waals surface area contributed by atoms with Crippen LogP contribution in [-0.4, -0.2) is 31.1 Å². The number of carbonyl (C=O) groups is 1. The summed E-state index contributed by atoms with van der Waals surface area (Å²) in [5.41, 5.74) is 3.46. The highest BCUT2D eigenvalue weighted by Crippen LogP contribution is 2.21. The van der Waals surface area contributed by atoms with Crippen molar-refractivity contribution in [2.24, 2.45) is 0 Å². The molecule has 6 heteroatoms. The van der Waals surface area contributed by atoms with E-state index in [1.807, 2.05) is 37.4 Å². The molecule has 0 radical (unpaired) electrons. The number of hydrogen-bond acceptors (Lipinski definition) is 3. The zero-order valence-electron chi connectivity index (χ0n) is 10.7. The number of nitrogens with one attached hydrogen (secondary N) is 1. The Morgan fingerprint density at radius 2 is 2.20 bits per heavy atom. The molecule has 0 atom stereocenters. The van der Waals surface area contributed by atoms with Crippen LogP contribution < -0.4 is 0 Å². The maximum absolute atomic E-state index is 10.9. The average molecular weight is 268 g/mol. The van der Waals surface area contributed by atoms with E-state index in [1.54, 1.807) is 10.9 Å². The number of aromatic carboxylic acids is 1. The lowest BCUT2D eigenvalue weighted by molar-refractivity contribution is 0.0690. The van der Waals surface area contributed by atoms with E-state index in [4.69, 9.17) is 5.11 Å². The fourth-order valence-electron chi connectivity index (χ4n) is 1.94. The highest BCUT2D eigenvalue weighted by Gasteiger charge is 2.10. The Balaban J connectivity index is 2.00. The first-order chi connectivity index (χ1) is 9.63. The van der Waals surface area contributed by atoms with Gasteiger partial charge in [0.25, 0.3) is 0 Å². The van der Waals surface area contributed by atoms with Gasteiger partial charge >= 0.3 is 5.97 Å². The Hall–Kier alpha value is -2.89. The number of H-pyrrole nitrogens is 1. The highest BCUT2D eigenvalue weighted by molar-refractivity contribution is 5.86. The molecule has 2 N–H and O–H groups in total. The third-order valence-electron chi connectivity index (χ3n) is 2.93. The number of carboxylic acids is 1. The summed E-state index contributed by atoms with van der Waals surface area (Å²) in [5.74, 6) is -1.03. The van der Waals surface area contributed by atoms with Crippen molar-refractivity contribution in [1.29, 1.82) is 0 Å². The lowest BCUT2D eigenvalue weighted by Gasteiger charge is -2.03. The van der Waals surface area contributed by atoms with Crippen molar-refractivity contribution in [3.63, 3.8) is 0 Å². The summed E-state index contributed by atoms with van der Waals surface area (Å²) in [4.78, 5) is 10.9. The summed E-state index contributed by atoms with van der Waals surface area (Å²) in [5, 5.41) is 19.7. The van der Waals surface area contributed by atoms with E-state index in [0.29, 0.717) is 5.69 Å². The second-order valence-electron chi connectivity index (χ2n) is 4.48. The Kier molecular flexibility index (Phi) is 2.83. The van der Waals surface area contributed by atoms with Gasteiger partial charge < -0.3 is 5.11 Å². The first kappa shape index (κ1) is 12.2. The van der Waals surface area contributed by atoms with Crippen molar-refractivity contribution < 1.29 is 9.90 Å². The molecule has 0 aliphatic heterocycles. The number of aromatic amines is 1. The molecule has 0 bridgehead atoms. The van der Waals surface area contributed by atoms with Crippen LogP contribution in [0.25, 0.3) is 16.9 Å². The van der Waals surface area contributed by atoms with Gasteiger partial charge in [0.05, 0.1) is 17.6 Å². The van der Waals surface area contributed by atoms with E-state index < -0.39 is 5.97 Å². The summed E-state index contributed by atoms with van der Waals surface area (Å²) < 4.78 is 1.77. The molecule has 0 amide bonds. The third kappa shape index (κ3) is 2.18. The molecule has 0 saturated heterocycles. The van der Waals surface area contributed by atoms with Crippen LogP contribution >= 0.6 is 0 Å². The van der Waals surface area contributed by atoms with E-state index in [9.17, 15) is 4.79 Å². The predicted molar refractivity (Wildman–Crippen MR) is 72.8 cm³/mol. The van der Waals surface area contributed by atoms with Crippen molar-refractivity contribution >= 4 is 5.97 Å². The Labute approximate surface area is 114 Å². The number of benzene rings is 1. The molecule has 100 valence electrons. The topological polar surface area (TPSA) is 83.8 Å². The number of carboxylic acid groups (broad SMARTS) is 1. The minimum atomic E-state index is -1.03. The van der Waals surface area contributed by atoms with E-state index in [1.165, 1.54) is 6.07 Å². The molecule has 0 fully saturated rings. The molecule has 3 aromatic rings. The molecule has 0 unspecified atom stereocenters. The monoisotopic (exact) mass is 268 g/mol. The van der Waals surface area contributed by atoms with Crippen LogP contribution in [0.5, 0.6) is 0 Å². The van der Waals surface area contributed by atoms with Gasteiger partial charge in [-0.05, 0) is 30.7 Å². The largest absolute Gasteiger partial charge is 0.477 e. The van der Waals surface area contributed by atoms with Gasteiger partial charge in [-0.25, -0.2) is 9.48 Å². The molecule has 0 saturated carbocycles. The Bertz CT molecular complexity index is 773. The summed E-state index contributed by atoms with van der Waals surface area (Å²) in [6, 6.07) is 9.11. The summed E-state index contributed by atoms with van der Waals surface area (Å²) in [6.45, 7) is 1.97. The van der Waals surface area contributed by atoms with Crippen LogP contribution in [0.4, 0.5) is 0 Å². The van der Waals surface area contributed by atoms with Crippen LogP contribution in [-0.2, 0) is 0 Å². The molecular weight excluding hydrogens is 256 g/mol. The van der Waals surface area contributed by atoms with Crippen molar-refractivity contribution in [1.82, 2.24) is 20.0 Å². The van der Waals surface area contributed by atoms with Gasteiger partial charge in [-0.15, -0.1) is 0 Å². The number of aryl methyl sites for hydroxylation is 1. The molecule has 2 heterocycles. The Morgan fingerprint density at radius 3 is 2.85 bits per heavy atom. The molecule has 3 rings (SSSR count). The zero-order chi connectivity index (χ0) is 14.1. The van der Waals surface area contributed by atoms with Crippen molar-refractivity contribution in [2.75, 3.05) is 0 Å². The third-order valence-corrected chi connectivity index (χ3v) is 2.93. The van der Waals surface area contributed by atoms with Crippen LogP contribution in [0.1, 0.15) is 16.1 Å². The number of nitrogens with zero attached hydrogens (tertiary/aromatic N) is 3. The van der Waals surface area contributed by atoms with Gasteiger partial charge in [0.15, 0.2) is 0 Å². The standard InChI is InChI=1S/C14H12N4O2/c1-9-7-15-18(8-9)11-4-2-3-10(5-11)12-6-13(14(19)20)17-16-12/h2-8H,1H3,(H,16,17)(H,19,20). The predicted octanol–water partition coefficient (Wildman–Crippen LogP) is 2.27. The lowest BCUT2D eigenvalue weighted by atomic mass is 10.1. The Morgan fingerprint density at radius 1 is 1.35 bits per heavy atom. The van der Waals surface area contributed by atoms with Gasteiger partial charge in [-0.3, -0.25) is 5.10 Å². The van der Waals surface area contributed by atoms with E-state index in [2.05, 4.69) is 15.3 Å². The van der Waals surface area contributed by atoms with Gasteiger partial charge in [-0.2, -0.15) is 10.2 Å². The SMILES string of the molecule is Cc1cnn(-c2cccc(-c3cc(C(=O)O)[nH]n3)c2)c1. The molecule has 2 aromatic heterocycles. The summed E-state index contributed by atoms with van der Waals surface area (Å²) in [7, 11) is 0. The lowest BCUT2D eigenvalue weighted by Crippen LogP contribution is -1.95. The smallest absolute Gasteiger partial charge is 0.353 e. The first-order valence-electron chi connectivity index (χ1n) is 6.04. The van der Waals surface area contributed by atoms with Crippen LogP contribution in [0.15, 0.2) is 42.7 Å². The number of aromatic nitrogens is 4. The second kappa shape index (κ2) is 4.65. The van der Waals surface area contributed by atoms with Gasteiger partial charge in [0.1, 0.15) is 5.69 Å². The van der Waals surface area contributed by atoms with Crippen LogP contribution in [0.3, 0.4) is 0 Å².